The molecule has 1 unspecified atom stereocenters. The number of carbonyl (C=O) groups excluding carboxylic acids is 2. The molecule has 56 heavy (non-hydrogen) atoms. The summed E-state index contributed by atoms with van der Waals surface area (Å²) in [4.78, 5) is 46.8. The normalized spacial score (nSPS) is 23.7. The number of hydrogen-bond acceptors (Lipinski definition) is 6. The van der Waals surface area contributed by atoms with Crippen LogP contribution in [-0.4, -0.2) is 59.0 Å². The Kier molecular flexibility index (Phi) is 9.00. The van der Waals surface area contributed by atoms with E-state index in [4.69, 9.17) is 4.98 Å². The minimum atomic E-state index is -0.979. The second-order valence-electron chi connectivity index (χ2n) is 17.8. The van der Waals surface area contributed by atoms with Crippen molar-refractivity contribution in [1.82, 2.24) is 19.8 Å². The Morgan fingerprint density at radius 3 is 2.30 bits per heavy atom. The summed E-state index contributed by atoms with van der Waals surface area (Å²) in [6, 6.07) is 15.9. The quantitative estimate of drug-likeness (QED) is 0.204. The predicted octanol–water partition coefficient (Wildman–Crippen LogP) is 8.39. The standard InChI is InChI=1S/C45H48BrF2N5O3/c46-33-5-4-6-36-40(33)42(56)50-43-45(15-2-1-3-16-45)32-9-7-29(21-37(32)53(36)43)28-13-19-51(20-14-28)24-27-11-17-44(18-12-27)25-52(26-44)30-22-34(47)39(35(48)23-30)31-8-10-38(54)49-41(31)55/h4-7,9,21-23,27-28,31H,1-3,8,10-20,24-26H2,(H,49,54,55). The van der Waals surface area contributed by atoms with Crippen molar-refractivity contribution in [3.05, 3.63) is 97.5 Å². The molecule has 10 rings (SSSR count). The summed E-state index contributed by atoms with van der Waals surface area (Å²) in [6.07, 6.45) is 12.7. The first-order valence-electron chi connectivity index (χ1n) is 20.8. The van der Waals surface area contributed by atoms with Gasteiger partial charge in [-0.2, -0.15) is 4.98 Å². The van der Waals surface area contributed by atoms with Crippen LogP contribution < -0.4 is 15.8 Å². The molecule has 1 N–H and O–H groups in total. The average Bonchev–Trinajstić information content (AvgIpc) is 3.43. The molecule has 2 aliphatic carbocycles. The van der Waals surface area contributed by atoms with E-state index in [0.29, 0.717) is 22.9 Å². The second kappa shape index (κ2) is 13.9. The molecule has 4 aromatic rings. The highest BCUT2D eigenvalue weighted by Crippen LogP contribution is 2.53. The van der Waals surface area contributed by atoms with Crippen molar-refractivity contribution in [2.24, 2.45) is 11.3 Å². The van der Waals surface area contributed by atoms with E-state index in [0.717, 1.165) is 99.9 Å². The van der Waals surface area contributed by atoms with Gasteiger partial charge >= 0.3 is 0 Å². The molecule has 292 valence electrons. The number of nitrogens with zero attached hydrogens (tertiary/aromatic N) is 4. The molecular formula is C45H48BrF2N5O3. The number of likely N-dealkylation sites (tertiary alicyclic amines) is 1. The van der Waals surface area contributed by atoms with Gasteiger partial charge in [0, 0.05) is 47.2 Å². The third-order valence-electron chi connectivity index (χ3n) is 14.6. The van der Waals surface area contributed by atoms with Crippen molar-refractivity contribution in [2.75, 3.05) is 37.6 Å². The number of aromatic nitrogens is 2. The number of amides is 2. The van der Waals surface area contributed by atoms with Crippen molar-refractivity contribution in [3.8, 4) is 5.69 Å². The smallest absolute Gasteiger partial charge is 0.281 e. The Morgan fingerprint density at radius 1 is 0.857 bits per heavy atom. The van der Waals surface area contributed by atoms with Gasteiger partial charge in [0.05, 0.1) is 27.9 Å². The molecule has 0 bridgehead atoms. The van der Waals surface area contributed by atoms with Gasteiger partial charge in [-0.05, 0) is 140 Å². The zero-order chi connectivity index (χ0) is 38.3. The molecule has 3 aromatic carbocycles. The molecule has 3 saturated heterocycles. The maximum Gasteiger partial charge on any atom is 0.281 e. The number of nitrogens with one attached hydrogen (secondary N) is 1. The second-order valence-corrected chi connectivity index (χ2v) is 18.7. The highest BCUT2D eigenvalue weighted by atomic mass is 79.9. The van der Waals surface area contributed by atoms with Crippen LogP contribution in [0, 0.1) is 23.0 Å². The van der Waals surface area contributed by atoms with E-state index in [1.165, 1.54) is 48.2 Å². The molecule has 2 spiro atoms. The summed E-state index contributed by atoms with van der Waals surface area (Å²) in [7, 11) is 0. The number of anilines is 1. The fourth-order valence-electron chi connectivity index (χ4n) is 11.6. The van der Waals surface area contributed by atoms with Crippen molar-refractivity contribution in [2.45, 2.75) is 101 Å². The van der Waals surface area contributed by atoms with Crippen LogP contribution in [0.1, 0.15) is 118 Å². The van der Waals surface area contributed by atoms with Crippen LogP contribution in [0.2, 0.25) is 0 Å². The summed E-state index contributed by atoms with van der Waals surface area (Å²) in [6.45, 7) is 4.91. The molecule has 6 aliphatic rings. The number of benzene rings is 3. The Labute approximate surface area is 334 Å². The fraction of sp³-hybridized carbons (Fsp3) is 0.511. The molecule has 5 heterocycles. The molecule has 0 radical (unpaired) electrons. The Balaban J connectivity index is 0.768. The van der Waals surface area contributed by atoms with Crippen molar-refractivity contribution in [3.63, 3.8) is 0 Å². The minimum Gasteiger partial charge on any atom is -0.370 e. The van der Waals surface area contributed by atoms with Gasteiger partial charge in [0.15, 0.2) is 0 Å². The van der Waals surface area contributed by atoms with E-state index < -0.39 is 29.4 Å². The topological polar surface area (TPSA) is 87.5 Å². The van der Waals surface area contributed by atoms with Crippen molar-refractivity contribution >= 4 is 44.3 Å². The van der Waals surface area contributed by atoms with Crippen LogP contribution in [-0.2, 0) is 15.0 Å². The number of hydrogen-bond donors (Lipinski definition) is 1. The first-order chi connectivity index (χ1) is 27.1. The van der Waals surface area contributed by atoms with Gasteiger partial charge in [-0.25, -0.2) is 8.78 Å². The highest BCUT2D eigenvalue weighted by molar-refractivity contribution is 9.10. The predicted molar refractivity (Wildman–Crippen MR) is 215 cm³/mol. The summed E-state index contributed by atoms with van der Waals surface area (Å²) >= 11 is 3.65. The van der Waals surface area contributed by atoms with Crippen LogP contribution in [0.15, 0.2) is 57.8 Å². The first kappa shape index (κ1) is 36.4. The minimum absolute atomic E-state index is 0.0803. The third-order valence-corrected chi connectivity index (χ3v) is 15.3. The fourth-order valence-corrected chi connectivity index (χ4v) is 12.1. The van der Waals surface area contributed by atoms with E-state index >= 15 is 8.78 Å². The van der Waals surface area contributed by atoms with Crippen LogP contribution in [0.5, 0.6) is 0 Å². The van der Waals surface area contributed by atoms with Gasteiger partial charge in [0.1, 0.15) is 17.5 Å². The Bertz CT molecular complexity index is 2290. The van der Waals surface area contributed by atoms with E-state index in [1.807, 2.05) is 12.1 Å². The van der Waals surface area contributed by atoms with Crippen LogP contribution in [0.25, 0.3) is 16.6 Å². The lowest BCUT2D eigenvalue weighted by atomic mass is 9.65. The van der Waals surface area contributed by atoms with Gasteiger partial charge < -0.3 is 9.80 Å². The number of fused-ring (bicyclic) bond motifs is 7. The Morgan fingerprint density at radius 2 is 1.59 bits per heavy atom. The van der Waals surface area contributed by atoms with E-state index in [2.05, 4.69) is 59.9 Å². The molecule has 8 nitrogen and oxygen atoms in total. The lowest BCUT2D eigenvalue weighted by molar-refractivity contribution is -0.134. The SMILES string of the molecule is O=C1CCC(c2c(F)cc(N3CC4(CCC(CN5CCC(c6ccc7c(c6)-n6c(nc(=O)c8c(Br)cccc86)C76CCCCC6)CC5)CC4)C3)cc2F)C(=O)N1. The zero-order valence-corrected chi connectivity index (χ0v) is 33.3. The molecule has 5 fully saturated rings. The molecule has 1 atom stereocenters. The van der Waals surface area contributed by atoms with Gasteiger partial charge in [-0.1, -0.05) is 37.5 Å². The monoisotopic (exact) mass is 823 g/mol. The number of halogens is 3. The largest absolute Gasteiger partial charge is 0.370 e. The maximum absolute atomic E-state index is 15.2. The van der Waals surface area contributed by atoms with Gasteiger partial charge in [-0.15, -0.1) is 0 Å². The summed E-state index contributed by atoms with van der Waals surface area (Å²) in [5.74, 6) is -1.34. The van der Waals surface area contributed by atoms with Gasteiger partial charge in [0.25, 0.3) is 5.56 Å². The third kappa shape index (κ3) is 5.96. The molecule has 4 aliphatic heterocycles. The zero-order valence-electron chi connectivity index (χ0n) is 31.7. The number of carbonyl (C=O) groups is 2. The lowest BCUT2D eigenvalue weighted by Gasteiger charge is -2.55. The maximum atomic E-state index is 15.2. The summed E-state index contributed by atoms with van der Waals surface area (Å²) in [5, 5.41) is 2.86. The van der Waals surface area contributed by atoms with E-state index in [9.17, 15) is 14.4 Å². The van der Waals surface area contributed by atoms with Crippen molar-refractivity contribution < 1.29 is 18.4 Å². The van der Waals surface area contributed by atoms with Crippen molar-refractivity contribution in [1.29, 1.82) is 0 Å². The molecular weight excluding hydrogens is 776 g/mol. The molecule has 2 saturated carbocycles. The Hall–Kier alpha value is -3.96. The lowest BCUT2D eigenvalue weighted by Crippen LogP contribution is -2.58. The number of piperidine rings is 2. The van der Waals surface area contributed by atoms with Crippen LogP contribution >= 0.6 is 15.9 Å². The average molecular weight is 825 g/mol. The van der Waals surface area contributed by atoms with Gasteiger partial charge in [0.2, 0.25) is 11.8 Å². The summed E-state index contributed by atoms with van der Waals surface area (Å²) < 4.78 is 33.5. The summed E-state index contributed by atoms with van der Waals surface area (Å²) in [5.41, 5.74) is 5.04. The molecule has 2 amide bonds. The highest BCUT2D eigenvalue weighted by Gasteiger charge is 2.48. The van der Waals surface area contributed by atoms with Crippen LogP contribution in [0.4, 0.5) is 14.5 Å². The van der Waals surface area contributed by atoms with Crippen LogP contribution in [0.3, 0.4) is 0 Å². The number of rotatable bonds is 5. The van der Waals surface area contributed by atoms with Gasteiger partial charge in [-0.3, -0.25) is 24.3 Å². The first-order valence-corrected chi connectivity index (χ1v) is 21.6. The molecule has 11 heteroatoms. The van der Waals surface area contributed by atoms with E-state index in [-0.39, 0.29) is 34.8 Å². The number of imide groups is 1. The van der Waals surface area contributed by atoms with E-state index in [1.54, 1.807) is 0 Å². The molecule has 1 aromatic heterocycles.